The third-order valence-corrected chi connectivity index (χ3v) is 9.11. The summed E-state index contributed by atoms with van der Waals surface area (Å²) in [5, 5.41) is 12.6. The Morgan fingerprint density at radius 3 is 2.70 bits per heavy atom. The van der Waals surface area contributed by atoms with Gasteiger partial charge in [0.1, 0.15) is 17.1 Å². The molecule has 1 aromatic carbocycles. The van der Waals surface area contributed by atoms with Crippen LogP contribution in [-0.4, -0.2) is 43.8 Å². The van der Waals surface area contributed by atoms with E-state index in [1.54, 1.807) is 12.1 Å². The summed E-state index contributed by atoms with van der Waals surface area (Å²) in [5.74, 6) is -1.29. The van der Waals surface area contributed by atoms with Crippen molar-refractivity contribution in [2.45, 2.75) is 56.4 Å². The van der Waals surface area contributed by atoms with Crippen molar-refractivity contribution in [3.05, 3.63) is 45.8 Å². The van der Waals surface area contributed by atoms with Gasteiger partial charge in [-0.05, 0) is 63.1 Å². The molecular formula is C23H25N3O5S2. The highest BCUT2D eigenvalue weighted by Gasteiger charge is 2.38. The van der Waals surface area contributed by atoms with Crippen LogP contribution in [0.4, 0.5) is 5.00 Å². The van der Waals surface area contributed by atoms with Crippen molar-refractivity contribution in [3.8, 4) is 6.07 Å². The molecule has 4 rings (SSSR count). The zero-order valence-corrected chi connectivity index (χ0v) is 19.9. The normalized spacial score (nSPS) is 18.4. The molecule has 0 bridgehead atoms. The number of carbonyl (C=O) groups is 2. The molecule has 33 heavy (non-hydrogen) atoms. The molecule has 8 nitrogen and oxygen atoms in total. The summed E-state index contributed by atoms with van der Waals surface area (Å²) in [6.07, 6.45) is 4.40. The summed E-state index contributed by atoms with van der Waals surface area (Å²) >= 11 is 1.38. The first-order valence-electron chi connectivity index (χ1n) is 10.9. The standard InChI is InChI=1S/C23H25N3O5S2/c1-15-8-10-16(11-9-15)33(29,30)26-12-3-2-6-19(26)23(28)31-14-21(27)25-22-18(13-24)17-5-4-7-20(17)32-22/h8-11,19H,2-7,12,14H2,1H3,(H,25,27). The van der Waals surface area contributed by atoms with Gasteiger partial charge in [0, 0.05) is 11.4 Å². The first-order chi connectivity index (χ1) is 15.8. The molecule has 2 heterocycles. The van der Waals surface area contributed by atoms with Crippen LogP contribution in [0, 0.1) is 18.3 Å². The maximum Gasteiger partial charge on any atom is 0.324 e. The Bertz CT molecular complexity index is 1210. The maximum absolute atomic E-state index is 13.1. The third kappa shape index (κ3) is 4.81. The lowest BCUT2D eigenvalue weighted by molar-refractivity contribution is -0.152. The monoisotopic (exact) mass is 487 g/mol. The highest BCUT2D eigenvalue weighted by Crippen LogP contribution is 2.38. The van der Waals surface area contributed by atoms with Crippen molar-refractivity contribution in [1.29, 1.82) is 5.26 Å². The molecule has 1 aromatic heterocycles. The molecule has 1 aliphatic carbocycles. The van der Waals surface area contributed by atoms with Gasteiger partial charge < -0.3 is 10.1 Å². The van der Waals surface area contributed by atoms with Gasteiger partial charge in [-0.2, -0.15) is 9.57 Å². The number of thiophene rings is 1. The lowest BCUT2D eigenvalue weighted by Crippen LogP contribution is -2.48. The molecule has 0 saturated carbocycles. The van der Waals surface area contributed by atoms with Crippen LogP contribution < -0.4 is 5.32 Å². The molecule has 1 aliphatic heterocycles. The number of carbonyl (C=O) groups excluding carboxylic acids is 2. The lowest BCUT2D eigenvalue weighted by Gasteiger charge is -2.33. The van der Waals surface area contributed by atoms with Gasteiger partial charge in [0.05, 0.1) is 10.5 Å². The highest BCUT2D eigenvalue weighted by atomic mass is 32.2. The Labute approximate surface area is 197 Å². The summed E-state index contributed by atoms with van der Waals surface area (Å²) < 4.78 is 32.7. The van der Waals surface area contributed by atoms with Crippen LogP contribution in [0.2, 0.25) is 0 Å². The lowest BCUT2D eigenvalue weighted by atomic mass is 10.1. The number of amides is 1. The van der Waals surface area contributed by atoms with E-state index < -0.39 is 34.5 Å². The van der Waals surface area contributed by atoms with E-state index in [0.717, 1.165) is 35.3 Å². The van der Waals surface area contributed by atoms with Gasteiger partial charge in [0.25, 0.3) is 5.91 Å². The number of nitriles is 1. The number of rotatable bonds is 6. The second-order valence-electron chi connectivity index (χ2n) is 8.27. The van der Waals surface area contributed by atoms with Crippen molar-refractivity contribution in [2.75, 3.05) is 18.5 Å². The molecule has 1 fully saturated rings. The molecular weight excluding hydrogens is 462 g/mol. The largest absolute Gasteiger partial charge is 0.454 e. The van der Waals surface area contributed by atoms with Gasteiger partial charge in [-0.15, -0.1) is 11.3 Å². The predicted octanol–water partition coefficient (Wildman–Crippen LogP) is 3.14. The topological polar surface area (TPSA) is 117 Å². The number of hydrogen-bond donors (Lipinski definition) is 1. The molecule has 1 unspecified atom stereocenters. The summed E-state index contributed by atoms with van der Waals surface area (Å²) in [6.45, 7) is 1.54. The van der Waals surface area contributed by atoms with Gasteiger partial charge in [-0.1, -0.05) is 17.7 Å². The number of anilines is 1. The number of fused-ring (bicyclic) bond motifs is 1. The summed E-state index contributed by atoms with van der Waals surface area (Å²) in [7, 11) is -3.87. The maximum atomic E-state index is 13.1. The number of hydrogen-bond acceptors (Lipinski definition) is 7. The number of nitrogens with zero attached hydrogens (tertiary/aromatic N) is 2. The van der Waals surface area contributed by atoms with E-state index in [2.05, 4.69) is 11.4 Å². The van der Waals surface area contributed by atoms with Gasteiger partial charge in [-0.25, -0.2) is 8.42 Å². The minimum Gasteiger partial charge on any atom is -0.454 e. The van der Waals surface area contributed by atoms with Crippen LogP contribution in [0.15, 0.2) is 29.2 Å². The SMILES string of the molecule is Cc1ccc(S(=O)(=O)N2CCCCC2C(=O)OCC(=O)Nc2sc3c(c2C#N)CCC3)cc1. The number of benzene rings is 1. The minimum atomic E-state index is -3.87. The van der Waals surface area contributed by atoms with E-state index in [0.29, 0.717) is 29.8 Å². The Hall–Kier alpha value is -2.74. The average molecular weight is 488 g/mol. The van der Waals surface area contributed by atoms with Crippen LogP contribution in [0.5, 0.6) is 0 Å². The van der Waals surface area contributed by atoms with Crippen molar-refractivity contribution in [3.63, 3.8) is 0 Å². The molecule has 2 aromatic rings. The van der Waals surface area contributed by atoms with E-state index in [1.807, 2.05) is 6.92 Å². The average Bonchev–Trinajstić information content (AvgIpc) is 3.38. The fraction of sp³-hybridized carbons (Fsp3) is 0.435. The molecule has 2 aliphatic rings. The molecule has 174 valence electrons. The Kier molecular flexibility index (Phi) is 6.83. The van der Waals surface area contributed by atoms with E-state index >= 15 is 0 Å². The first-order valence-corrected chi connectivity index (χ1v) is 13.2. The minimum absolute atomic E-state index is 0.125. The molecule has 1 saturated heterocycles. The Morgan fingerprint density at radius 1 is 1.21 bits per heavy atom. The van der Waals surface area contributed by atoms with Crippen LogP contribution in [0.1, 0.15) is 47.3 Å². The van der Waals surface area contributed by atoms with Crippen LogP contribution in [0.25, 0.3) is 0 Å². The van der Waals surface area contributed by atoms with E-state index in [9.17, 15) is 23.3 Å². The fourth-order valence-corrected chi connectivity index (χ4v) is 7.18. The zero-order chi connectivity index (χ0) is 23.6. The molecule has 1 amide bonds. The van der Waals surface area contributed by atoms with Crippen molar-refractivity contribution >= 4 is 38.2 Å². The van der Waals surface area contributed by atoms with E-state index in [1.165, 1.54) is 27.8 Å². The fourth-order valence-electron chi connectivity index (χ4n) is 4.28. The Morgan fingerprint density at radius 2 is 1.97 bits per heavy atom. The van der Waals surface area contributed by atoms with Crippen molar-refractivity contribution in [2.24, 2.45) is 0 Å². The molecule has 1 atom stereocenters. The van der Waals surface area contributed by atoms with Gasteiger partial charge >= 0.3 is 5.97 Å². The molecule has 0 radical (unpaired) electrons. The number of ether oxygens (including phenoxy) is 1. The summed E-state index contributed by atoms with van der Waals surface area (Å²) in [6, 6.07) is 7.66. The Balaban J connectivity index is 1.41. The first kappa shape index (κ1) is 23.4. The number of piperidine rings is 1. The molecule has 10 heteroatoms. The van der Waals surface area contributed by atoms with Gasteiger partial charge in [0.2, 0.25) is 10.0 Å². The van der Waals surface area contributed by atoms with Crippen molar-refractivity contribution < 1.29 is 22.7 Å². The predicted molar refractivity (Wildman–Crippen MR) is 123 cm³/mol. The van der Waals surface area contributed by atoms with E-state index in [4.69, 9.17) is 4.74 Å². The quantitative estimate of drug-likeness (QED) is 0.626. The number of sulfonamides is 1. The molecule has 0 spiro atoms. The van der Waals surface area contributed by atoms with Gasteiger partial charge in [0.15, 0.2) is 6.61 Å². The molecule has 1 N–H and O–H groups in total. The second kappa shape index (κ2) is 9.63. The highest BCUT2D eigenvalue weighted by molar-refractivity contribution is 7.89. The second-order valence-corrected chi connectivity index (χ2v) is 11.3. The smallest absolute Gasteiger partial charge is 0.324 e. The van der Waals surface area contributed by atoms with Crippen molar-refractivity contribution in [1.82, 2.24) is 4.31 Å². The van der Waals surface area contributed by atoms with Crippen LogP contribution >= 0.6 is 11.3 Å². The van der Waals surface area contributed by atoms with Gasteiger partial charge in [-0.3, -0.25) is 9.59 Å². The number of aryl methyl sites for hydroxylation is 2. The van der Waals surface area contributed by atoms with Crippen LogP contribution in [0.3, 0.4) is 0 Å². The number of esters is 1. The summed E-state index contributed by atoms with van der Waals surface area (Å²) in [4.78, 5) is 26.4. The number of nitrogens with one attached hydrogen (secondary N) is 1. The zero-order valence-electron chi connectivity index (χ0n) is 18.3. The van der Waals surface area contributed by atoms with E-state index in [-0.39, 0.29) is 11.4 Å². The van der Waals surface area contributed by atoms with Crippen LogP contribution in [-0.2, 0) is 37.2 Å². The third-order valence-electron chi connectivity index (χ3n) is 5.98. The summed E-state index contributed by atoms with van der Waals surface area (Å²) in [5.41, 5.74) is 2.41.